The molecule has 3 N–H and O–H groups in total. The number of aliphatic hydroxyl groups is 1. The molecule has 0 spiro atoms. The molecule has 1 aromatic carbocycles. The fourth-order valence-corrected chi connectivity index (χ4v) is 1.87. The third-order valence-corrected chi connectivity index (χ3v) is 2.94. The lowest BCUT2D eigenvalue weighted by atomic mass is 10.1. The molecule has 0 aliphatic rings. The van der Waals surface area contributed by atoms with Crippen molar-refractivity contribution in [3.63, 3.8) is 0 Å². The van der Waals surface area contributed by atoms with Gasteiger partial charge in [0.1, 0.15) is 0 Å². The fraction of sp³-hybridized carbons (Fsp3) is 0.188. The average Bonchev–Trinajstić information content (AvgIpc) is 2.54. The van der Waals surface area contributed by atoms with Gasteiger partial charge in [-0.15, -0.1) is 0 Å². The normalized spacial score (nSPS) is 11.5. The Kier molecular flexibility index (Phi) is 5.62. The van der Waals surface area contributed by atoms with Crippen LogP contribution in [-0.4, -0.2) is 34.6 Å². The van der Waals surface area contributed by atoms with E-state index in [2.05, 4.69) is 15.6 Å². The van der Waals surface area contributed by atoms with Crippen LogP contribution in [-0.2, 0) is 16.0 Å². The minimum atomic E-state index is -0.795. The number of benzene rings is 1. The van der Waals surface area contributed by atoms with Crippen molar-refractivity contribution >= 4 is 17.5 Å². The highest BCUT2D eigenvalue weighted by Gasteiger charge is 2.15. The molecule has 22 heavy (non-hydrogen) atoms. The van der Waals surface area contributed by atoms with Crippen molar-refractivity contribution in [3.05, 3.63) is 60.4 Å². The Morgan fingerprint density at radius 3 is 2.55 bits per heavy atom. The van der Waals surface area contributed by atoms with Crippen LogP contribution in [0.2, 0.25) is 0 Å². The van der Waals surface area contributed by atoms with Crippen molar-refractivity contribution in [3.8, 4) is 0 Å². The Morgan fingerprint density at radius 1 is 1.09 bits per heavy atom. The zero-order valence-corrected chi connectivity index (χ0v) is 11.9. The average molecular weight is 299 g/mol. The van der Waals surface area contributed by atoms with E-state index in [1.165, 1.54) is 6.20 Å². The summed E-state index contributed by atoms with van der Waals surface area (Å²) >= 11 is 0. The van der Waals surface area contributed by atoms with Crippen LogP contribution in [0.4, 0.5) is 5.69 Å². The molecule has 0 saturated heterocycles. The third kappa shape index (κ3) is 4.99. The maximum Gasteiger partial charge on any atom is 0.313 e. The summed E-state index contributed by atoms with van der Waals surface area (Å²) in [5.41, 5.74) is 1.40. The molecule has 0 radical (unpaired) electrons. The number of nitrogens with zero attached hydrogens (tertiary/aromatic N) is 1. The summed E-state index contributed by atoms with van der Waals surface area (Å²) in [7, 11) is 0. The number of hydrogen-bond acceptors (Lipinski definition) is 4. The molecule has 1 atom stereocenters. The van der Waals surface area contributed by atoms with E-state index in [1.807, 2.05) is 30.3 Å². The van der Waals surface area contributed by atoms with Crippen molar-refractivity contribution in [2.24, 2.45) is 0 Å². The SMILES string of the molecule is O=C(NCC(O)Cc1ccccc1)C(=O)Nc1cccnc1. The molecule has 114 valence electrons. The first kappa shape index (κ1) is 15.7. The van der Waals surface area contributed by atoms with Crippen molar-refractivity contribution in [1.29, 1.82) is 0 Å². The predicted molar refractivity (Wildman–Crippen MR) is 82.0 cm³/mol. The first-order valence-corrected chi connectivity index (χ1v) is 6.86. The molecule has 0 aliphatic carbocycles. The molecule has 0 aliphatic heterocycles. The molecule has 6 nitrogen and oxygen atoms in total. The van der Waals surface area contributed by atoms with Gasteiger partial charge in [-0.25, -0.2) is 0 Å². The van der Waals surface area contributed by atoms with Crippen LogP contribution >= 0.6 is 0 Å². The number of carbonyl (C=O) groups excluding carboxylic acids is 2. The predicted octanol–water partition coefficient (Wildman–Crippen LogP) is 0.740. The van der Waals surface area contributed by atoms with Gasteiger partial charge in [-0.3, -0.25) is 14.6 Å². The number of carbonyl (C=O) groups is 2. The van der Waals surface area contributed by atoms with Crippen LogP contribution in [0.1, 0.15) is 5.56 Å². The van der Waals surface area contributed by atoms with E-state index in [0.717, 1.165) is 5.56 Å². The highest BCUT2D eigenvalue weighted by atomic mass is 16.3. The summed E-state index contributed by atoms with van der Waals surface area (Å²) < 4.78 is 0. The van der Waals surface area contributed by atoms with E-state index in [-0.39, 0.29) is 6.54 Å². The summed E-state index contributed by atoms with van der Waals surface area (Å²) in [4.78, 5) is 27.1. The second kappa shape index (κ2) is 7.90. The number of aliphatic hydroxyl groups excluding tert-OH is 1. The third-order valence-electron chi connectivity index (χ3n) is 2.94. The Balaban J connectivity index is 1.76. The topological polar surface area (TPSA) is 91.3 Å². The van der Waals surface area contributed by atoms with E-state index in [4.69, 9.17) is 0 Å². The van der Waals surface area contributed by atoms with Crippen LogP contribution in [0.5, 0.6) is 0 Å². The van der Waals surface area contributed by atoms with Crippen LogP contribution in [0, 0.1) is 0 Å². The Morgan fingerprint density at radius 2 is 1.86 bits per heavy atom. The summed E-state index contributed by atoms with van der Waals surface area (Å²) in [6.45, 7) is 0.00812. The van der Waals surface area contributed by atoms with E-state index < -0.39 is 17.9 Å². The second-order valence-corrected chi connectivity index (χ2v) is 4.75. The lowest BCUT2D eigenvalue weighted by Gasteiger charge is -2.12. The zero-order chi connectivity index (χ0) is 15.8. The van der Waals surface area contributed by atoms with E-state index >= 15 is 0 Å². The number of nitrogens with one attached hydrogen (secondary N) is 2. The van der Waals surface area contributed by atoms with Gasteiger partial charge in [0.05, 0.1) is 18.0 Å². The molecule has 6 heteroatoms. The van der Waals surface area contributed by atoms with E-state index in [9.17, 15) is 14.7 Å². The van der Waals surface area contributed by atoms with Crippen LogP contribution in [0.15, 0.2) is 54.9 Å². The standard InChI is InChI=1S/C16H17N3O3/c20-14(9-12-5-2-1-3-6-12)11-18-15(21)16(22)19-13-7-4-8-17-10-13/h1-8,10,14,20H,9,11H2,(H,18,21)(H,19,22). The first-order chi connectivity index (χ1) is 10.6. The van der Waals surface area contributed by atoms with Gasteiger partial charge in [-0.05, 0) is 17.7 Å². The van der Waals surface area contributed by atoms with Crippen LogP contribution in [0.25, 0.3) is 0 Å². The summed E-state index contributed by atoms with van der Waals surface area (Å²) in [5, 5.41) is 14.7. The molecular formula is C16H17N3O3. The molecule has 2 rings (SSSR count). The number of anilines is 1. The minimum Gasteiger partial charge on any atom is -0.391 e. The van der Waals surface area contributed by atoms with Gasteiger partial charge in [-0.2, -0.15) is 0 Å². The Labute approximate surface area is 128 Å². The van der Waals surface area contributed by atoms with E-state index in [1.54, 1.807) is 18.3 Å². The summed E-state index contributed by atoms with van der Waals surface area (Å²) in [6, 6.07) is 12.7. The number of pyridine rings is 1. The lowest BCUT2D eigenvalue weighted by molar-refractivity contribution is -0.136. The lowest BCUT2D eigenvalue weighted by Crippen LogP contribution is -2.40. The molecule has 2 aromatic rings. The van der Waals surface area contributed by atoms with Crippen LogP contribution in [0.3, 0.4) is 0 Å². The fourth-order valence-electron chi connectivity index (χ4n) is 1.87. The smallest absolute Gasteiger partial charge is 0.313 e. The summed E-state index contributed by atoms with van der Waals surface area (Å²) in [5.74, 6) is -1.59. The van der Waals surface area contributed by atoms with Gasteiger partial charge in [0, 0.05) is 19.2 Å². The molecule has 2 amide bonds. The monoisotopic (exact) mass is 299 g/mol. The molecule has 1 heterocycles. The van der Waals surface area contributed by atoms with Crippen molar-refractivity contribution in [2.45, 2.75) is 12.5 Å². The van der Waals surface area contributed by atoms with Crippen molar-refractivity contribution in [1.82, 2.24) is 10.3 Å². The number of hydrogen-bond donors (Lipinski definition) is 3. The van der Waals surface area contributed by atoms with Gasteiger partial charge in [-0.1, -0.05) is 30.3 Å². The molecule has 0 bridgehead atoms. The van der Waals surface area contributed by atoms with Gasteiger partial charge < -0.3 is 15.7 Å². The molecule has 0 saturated carbocycles. The maximum atomic E-state index is 11.7. The largest absolute Gasteiger partial charge is 0.391 e. The maximum absolute atomic E-state index is 11.7. The molecule has 0 fully saturated rings. The minimum absolute atomic E-state index is 0.00812. The number of rotatable bonds is 5. The number of amides is 2. The van der Waals surface area contributed by atoms with Crippen LogP contribution < -0.4 is 10.6 Å². The molecule has 1 aromatic heterocycles. The van der Waals surface area contributed by atoms with Crippen molar-refractivity contribution in [2.75, 3.05) is 11.9 Å². The van der Waals surface area contributed by atoms with Gasteiger partial charge >= 0.3 is 11.8 Å². The van der Waals surface area contributed by atoms with E-state index in [0.29, 0.717) is 12.1 Å². The highest BCUT2D eigenvalue weighted by Crippen LogP contribution is 2.03. The zero-order valence-electron chi connectivity index (χ0n) is 11.9. The second-order valence-electron chi connectivity index (χ2n) is 4.75. The first-order valence-electron chi connectivity index (χ1n) is 6.86. The van der Waals surface area contributed by atoms with Gasteiger partial charge in [0.2, 0.25) is 0 Å². The highest BCUT2D eigenvalue weighted by molar-refractivity contribution is 6.39. The number of aromatic nitrogens is 1. The quantitative estimate of drug-likeness (QED) is 0.710. The molecular weight excluding hydrogens is 282 g/mol. The molecule has 1 unspecified atom stereocenters. The van der Waals surface area contributed by atoms with Gasteiger partial charge in [0.25, 0.3) is 0 Å². The van der Waals surface area contributed by atoms with Crippen molar-refractivity contribution < 1.29 is 14.7 Å². The summed E-state index contributed by atoms with van der Waals surface area (Å²) in [6.07, 6.45) is 2.66. The van der Waals surface area contributed by atoms with Gasteiger partial charge in [0.15, 0.2) is 0 Å². The Hall–Kier alpha value is -2.73. The Bertz CT molecular complexity index is 617.